The SMILES string of the molecule is CN(C)Cc1cccc(NC(=O)CCC2CCCN2)c1. The van der Waals surface area contributed by atoms with E-state index in [0.29, 0.717) is 12.5 Å². The minimum absolute atomic E-state index is 0.112. The maximum absolute atomic E-state index is 12.0. The Hall–Kier alpha value is -1.39. The minimum atomic E-state index is 0.112. The molecule has 2 rings (SSSR count). The van der Waals surface area contributed by atoms with E-state index in [1.165, 1.54) is 18.4 Å². The summed E-state index contributed by atoms with van der Waals surface area (Å²) in [7, 11) is 4.08. The van der Waals surface area contributed by atoms with Gasteiger partial charge in [-0.3, -0.25) is 4.79 Å². The van der Waals surface area contributed by atoms with Crippen molar-refractivity contribution in [1.82, 2.24) is 10.2 Å². The van der Waals surface area contributed by atoms with Gasteiger partial charge in [0, 0.05) is 24.7 Å². The van der Waals surface area contributed by atoms with Crippen LogP contribution in [-0.4, -0.2) is 37.5 Å². The van der Waals surface area contributed by atoms with E-state index in [1.807, 2.05) is 32.3 Å². The zero-order valence-electron chi connectivity index (χ0n) is 12.5. The van der Waals surface area contributed by atoms with Gasteiger partial charge in [-0.15, -0.1) is 0 Å². The zero-order chi connectivity index (χ0) is 14.4. The van der Waals surface area contributed by atoms with Gasteiger partial charge in [-0.1, -0.05) is 12.1 Å². The van der Waals surface area contributed by atoms with Crippen LogP contribution in [0, 0.1) is 0 Å². The lowest BCUT2D eigenvalue weighted by molar-refractivity contribution is -0.116. The molecule has 2 N–H and O–H groups in total. The Kier molecular flexibility index (Phi) is 5.56. The highest BCUT2D eigenvalue weighted by atomic mass is 16.1. The molecule has 0 bridgehead atoms. The standard InChI is InChI=1S/C16H25N3O/c1-19(2)12-13-5-3-6-15(11-13)18-16(20)9-8-14-7-4-10-17-14/h3,5-6,11,14,17H,4,7-10,12H2,1-2H3,(H,18,20). The van der Waals surface area contributed by atoms with E-state index in [9.17, 15) is 4.79 Å². The molecule has 1 fully saturated rings. The van der Waals surface area contributed by atoms with Crippen molar-refractivity contribution in [2.75, 3.05) is 26.0 Å². The Morgan fingerprint density at radius 2 is 2.30 bits per heavy atom. The van der Waals surface area contributed by atoms with Crippen molar-refractivity contribution in [3.8, 4) is 0 Å². The van der Waals surface area contributed by atoms with Gasteiger partial charge in [-0.05, 0) is 57.6 Å². The number of amides is 1. The van der Waals surface area contributed by atoms with Crippen LogP contribution in [0.1, 0.15) is 31.2 Å². The van der Waals surface area contributed by atoms with E-state index in [1.54, 1.807) is 0 Å². The molecule has 1 heterocycles. The van der Waals surface area contributed by atoms with Crippen LogP contribution >= 0.6 is 0 Å². The van der Waals surface area contributed by atoms with Crippen LogP contribution < -0.4 is 10.6 Å². The fraction of sp³-hybridized carbons (Fsp3) is 0.562. The average Bonchev–Trinajstić information content (AvgIpc) is 2.89. The summed E-state index contributed by atoms with van der Waals surface area (Å²) in [6.07, 6.45) is 3.96. The maximum Gasteiger partial charge on any atom is 0.224 e. The smallest absolute Gasteiger partial charge is 0.224 e. The zero-order valence-corrected chi connectivity index (χ0v) is 12.5. The van der Waals surface area contributed by atoms with Crippen LogP contribution in [0.15, 0.2) is 24.3 Å². The van der Waals surface area contributed by atoms with E-state index >= 15 is 0 Å². The first-order valence-corrected chi connectivity index (χ1v) is 7.40. The van der Waals surface area contributed by atoms with Gasteiger partial charge in [-0.25, -0.2) is 0 Å². The second-order valence-corrected chi connectivity index (χ2v) is 5.82. The number of rotatable bonds is 6. The number of hydrogen-bond acceptors (Lipinski definition) is 3. The Balaban J connectivity index is 1.80. The van der Waals surface area contributed by atoms with Gasteiger partial charge in [0.2, 0.25) is 5.91 Å². The van der Waals surface area contributed by atoms with Crippen molar-refractivity contribution in [1.29, 1.82) is 0 Å². The number of benzene rings is 1. The van der Waals surface area contributed by atoms with Gasteiger partial charge in [0.1, 0.15) is 0 Å². The summed E-state index contributed by atoms with van der Waals surface area (Å²) >= 11 is 0. The molecule has 110 valence electrons. The maximum atomic E-state index is 12.0. The van der Waals surface area contributed by atoms with Crippen molar-refractivity contribution in [3.05, 3.63) is 29.8 Å². The van der Waals surface area contributed by atoms with E-state index in [0.717, 1.165) is 25.2 Å². The first-order chi connectivity index (χ1) is 9.63. The summed E-state index contributed by atoms with van der Waals surface area (Å²) in [6, 6.07) is 8.60. The number of anilines is 1. The molecular weight excluding hydrogens is 250 g/mol. The lowest BCUT2D eigenvalue weighted by Gasteiger charge is -2.12. The van der Waals surface area contributed by atoms with Crippen LogP contribution in [0.2, 0.25) is 0 Å². The first kappa shape index (κ1) is 15.0. The molecule has 1 aliphatic rings. The third kappa shape index (κ3) is 4.94. The topological polar surface area (TPSA) is 44.4 Å². The van der Waals surface area contributed by atoms with Crippen molar-refractivity contribution < 1.29 is 4.79 Å². The van der Waals surface area contributed by atoms with Gasteiger partial charge in [0.25, 0.3) is 0 Å². The van der Waals surface area contributed by atoms with Gasteiger partial charge in [0.15, 0.2) is 0 Å². The molecular formula is C16H25N3O. The summed E-state index contributed by atoms with van der Waals surface area (Å²) < 4.78 is 0. The second kappa shape index (κ2) is 7.41. The summed E-state index contributed by atoms with van der Waals surface area (Å²) in [5, 5.41) is 6.42. The fourth-order valence-electron chi connectivity index (χ4n) is 2.64. The molecule has 1 amide bonds. The molecule has 1 atom stereocenters. The molecule has 1 saturated heterocycles. The number of carbonyl (C=O) groups excluding carboxylic acids is 1. The number of hydrogen-bond donors (Lipinski definition) is 2. The lowest BCUT2D eigenvalue weighted by atomic mass is 10.1. The largest absolute Gasteiger partial charge is 0.326 e. The van der Waals surface area contributed by atoms with Crippen LogP contribution in [-0.2, 0) is 11.3 Å². The molecule has 1 aromatic rings. The Labute approximate surface area is 121 Å². The molecule has 1 aromatic carbocycles. The van der Waals surface area contributed by atoms with E-state index in [2.05, 4.69) is 21.6 Å². The van der Waals surface area contributed by atoms with Gasteiger partial charge in [0.05, 0.1) is 0 Å². The summed E-state index contributed by atoms with van der Waals surface area (Å²) in [5.41, 5.74) is 2.11. The van der Waals surface area contributed by atoms with Crippen molar-refractivity contribution in [2.24, 2.45) is 0 Å². The molecule has 0 radical (unpaired) electrons. The van der Waals surface area contributed by atoms with E-state index < -0.39 is 0 Å². The molecule has 0 aliphatic carbocycles. The molecule has 0 saturated carbocycles. The number of carbonyl (C=O) groups is 1. The molecule has 20 heavy (non-hydrogen) atoms. The van der Waals surface area contributed by atoms with Crippen molar-refractivity contribution in [3.63, 3.8) is 0 Å². The predicted octanol–water partition coefficient (Wildman–Crippen LogP) is 2.22. The second-order valence-electron chi connectivity index (χ2n) is 5.82. The van der Waals surface area contributed by atoms with Crippen LogP contribution in [0.3, 0.4) is 0 Å². The summed E-state index contributed by atoms with van der Waals surface area (Å²) in [6.45, 7) is 1.98. The van der Waals surface area contributed by atoms with Gasteiger partial charge >= 0.3 is 0 Å². The quantitative estimate of drug-likeness (QED) is 0.836. The Morgan fingerprint density at radius 1 is 1.45 bits per heavy atom. The molecule has 1 aliphatic heterocycles. The van der Waals surface area contributed by atoms with Crippen LogP contribution in [0.4, 0.5) is 5.69 Å². The van der Waals surface area contributed by atoms with Gasteiger partial charge in [-0.2, -0.15) is 0 Å². The average molecular weight is 275 g/mol. The molecule has 1 unspecified atom stereocenters. The fourth-order valence-corrected chi connectivity index (χ4v) is 2.64. The Bertz CT molecular complexity index is 439. The van der Waals surface area contributed by atoms with Crippen molar-refractivity contribution >= 4 is 11.6 Å². The highest BCUT2D eigenvalue weighted by Crippen LogP contribution is 2.14. The first-order valence-electron chi connectivity index (χ1n) is 7.40. The predicted molar refractivity (Wildman–Crippen MR) is 82.7 cm³/mol. The molecule has 4 heteroatoms. The molecule has 4 nitrogen and oxygen atoms in total. The lowest BCUT2D eigenvalue weighted by Crippen LogP contribution is -2.23. The van der Waals surface area contributed by atoms with E-state index in [4.69, 9.17) is 0 Å². The third-order valence-electron chi connectivity index (χ3n) is 3.59. The minimum Gasteiger partial charge on any atom is -0.326 e. The highest BCUT2D eigenvalue weighted by molar-refractivity contribution is 5.90. The summed E-state index contributed by atoms with van der Waals surface area (Å²) in [5.74, 6) is 0.112. The number of nitrogens with zero attached hydrogens (tertiary/aromatic N) is 1. The molecule has 0 aromatic heterocycles. The normalized spacial score (nSPS) is 18.4. The third-order valence-corrected chi connectivity index (χ3v) is 3.59. The van der Waals surface area contributed by atoms with E-state index in [-0.39, 0.29) is 5.91 Å². The Morgan fingerprint density at radius 3 is 3.00 bits per heavy atom. The monoisotopic (exact) mass is 275 g/mol. The highest BCUT2D eigenvalue weighted by Gasteiger charge is 2.15. The van der Waals surface area contributed by atoms with Gasteiger partial charge < -0.3 is 15.5 Å². The molecule has 0 spiro atoms. The van der Waals surface area contributed by atoms with Crippen LogP contribution in [0.25, 0.3) is 0 Å². The van der Waals surface area contributed by atoms with Crippen molar-refractivity contribution in [2.45, 2.75) is 38.3 Å². The number of nitrogens with one attached hydrogen (secondary N) is 2. The van der Waals surface area contributed by atoms with Crippen LogP contribution in [0.5, 0.6) is 0 Å². The summed E-state index contributed by atoms with van der Waals surface area (Å²) in [4.78, 5) is 14.1.